The predicted molar refractivity (Wildman–Crippen MR) is 51.8 cm³/mol. The molecule has 4 heteroatoms. The zero-order valence-corrected chi connectivity index (χ0v) is 9.16. The van der Waals surface area contributed by atoms with Crippen molar-refractivity contribution in [3.63, 3.8) is 0 Å². The van der Waals surface area contributed by atoms with Crippen molar-refractivity contribution in [1.29, 1.82) is 0 Å². The highest BCUT2D eigenvalue weighted by Gasteiger charge is 2.27. The molecule has 14 heavy (non-hydrogen) atoms. The average Bonchev–Trinajstić information content (AvgIpc) is 2.00. The summed E-state index contributed by atoms with van der Waals surface area (Å²) in [6.45, 7) is 6.85. The van der Waals surface area contributed by atoms with E-state index in [-0.39, 0.29) is 6.42 Å². The van der Waals surface area contributed by atoms with Gasteiger partial charge in [0, 0.05) is 6.42 Å². The predicted octanol–water partition coefficient (Wildman–Crippen LogP) is 1.06. The number of ether oxygens (including phenoxy) is 1. The van der Waals surface area contributed by atoms with E-state index in [9.17, 15) is 14.7 Å². The lowest BCUT2D eigenvalue weighted by atomic mass is 10.1. The van der Waals surface area contributed by atoms with Crippen LogP contribution in [0.2, 0.25) is 0 Å². The standard InChI is InChI=1S/C10H18O4/c1-5-6-7(11)8(12)9(13)14-10(2,3)4/h8,12H,5-6H2,1-4H3. The van der Waals surface area contributed by atoms with E-state index in [0.29, 0.717) is 6.42 Å². The van der Waals surface area contributed by atoms with Crippen LogP contribution in [0.4, 0.5) is 0 Å². The topological polar surface area (TPSA) is 63.6 Å². The molecule has 0 aliphatic rings. The van der Waals surface area contributed by atoms with Crippen molar-refractivity contribution in [2.45, 2.75) is 52.2 Å². The van der Waals surface area contributed by atoms with Crippen LogP contribution in [-0.4, -0.2) is 28.6 Å². The number of aliphatic hydroxyl groups excluding tert-OH is 1. The van der Waals surface area contributed by atoms with E-state index in [1.807, 2.05) is 0 Å². The molecule has 0 amide bonds. The molecule has 0 bridgehead atoms. The van der Waals surface area contributed by atoms with Gasteiger partial charge in [-0.25, -0.2) is 4.79 Å². The third kappa shape index (κ3) is 4.97. The van der Waals surface area contributed by atoms with Crippen LogP contribution in [0.25, 0.3) is 0 Å². The molecular weight excluding hydrogens is 184 g/mol. The Hall–Kier alpha value is -0.900. The molecular formula is C10H18O4. The van der Waals surface area contributed by atoms with Gasteiger partial charge < -0.3 is 9.84 Å². The van der Waals surface area contributed by atoms with Crippen LogP contribution in [0, 0.1) is 0 Å². The lowest BCUT2D eigenvalue weighted by Crippen LogP contribution is -2.36. The average molecular weight is 202 g/mol. The first-order chi connectivity index (χ1) is 6.28. The molecule has 1 N–H and O–H groups in total. The van der Waals surface area contributed by atoms with Crippen molar-refractivity contribution in [3.05, 3.63) is 0 Å². The number of carbonyl (C=O) groups excluding carboxylic acids is 2. The number of hydrogen-bond donors (Lipinski definition) is 1. The van der Waals surface area contributed by atoms with Gasteiger partial charge >= 0.3 is 5.97 Å². The Labute approximate surface area is 84.3 Å². The second-order valence-corrected chi connectivity index (χ2v) is 4.15. The van der Waals surface area contributed by atoms with Gasteiger partial charge in [0.2, 0.25) is 6.10 Å². The Bertz CT molecular complexity index is 215. The molecule has 0 aliphatic carbocycles. The summed E-state index contributed by atoms with van der Waals surface area (Å²) in [5.41, 5.74) is -0.676. The highest BCUT2D eigenvalue weighted by Crippen LogP contribution is 2.09. The minimum absolute atomic E-state index is 0.195. The summed E-state index contributed by atoms with van der Waals surface area (Å²) in [5, 5.41) is 9.26. The first kappa shape index (κ1) is 13.1. The van der Waals surface area contributed by atoms with Gasteiger partial charge in [0.1, 0.15) is 5.60 Å². The van der Waals surface area contributed by atoms with Gasteiger partial charge in [-0.2, -0.15) is 0 Å². The lowest BCUT2D eigenvalue weighted by Gasteiger charge is -2.21. The quantitative estimate of drug-likeness (QED) is 0.547. The van der Waals surface area contributed by atoms with Crippen molar-refractivity contribution < 1.29 is 19.4 Å². The molecule has 0 rings (SSSR count). The molecule has 0 saturated carbocycles. The van der Waals surface area contributed by atoms with Gasteiger partial charge in [-0.15, -0.1) is 0 Å². The third-order valence-electron chi connectivity index (χ3n) is 1.43. The van der Waals surface area contributed by atoms with E-state index >= 15 is 0 Å². The number of aliphatic hydroxyl groups is 1. The first-order valence-electron chi connectivity index (χ1n) is 4.71. The van der Waals surface area contributed by atoms with Gasteiger partial charge in [0.05, 0.1) is 0 Å². The summed E-state index contributed by atoms with van der Waals surface area (Å²) in [4.78, 5) is 22.3. The molecule has 1 unspecified atom stereocenters. The SMILES string of the molecule is CCCC(=O)C(O)C(=O)OC(C)(C)C. The fraction of sp³-hybridized carbons (Fsp3) is 0.800. The molecule has 0 spiro atoms. The Balaban J connectivity index is 4.19. The minimum Gasteiger partial charge on any atom is -0.458 e. The Morgan fingerprint density at radius 3 is 2.21 bits per heavy atom. The molecule has 0 heterocycles. The Kier molecular flexibility index (Phi) is 4.77. The maximum absolute atomic E-state index is 11.2. The number of rotatable bonds is 4. The summed E-state index contributed by atoms with van der Waals surface area (Å²) in [6, 6.07) is 0. The molecule has 1 atom stereocenters. The van der Waals surface area contributed by atoms with Gasteiger partial charge in [-0.3, -0.25) is 4.79 Å². The zero-order chi connectivity index (χ0) is 11.4. The fourth-order valence-corrected chi connectivity index (χ4v) is 0.872. The first-order valence-corrected chi connectivity index (χ1v) is 4.71. The van der Waals surface area contributed by atoms with Crippen LogP contribution >= 0.6 is 0 Å². The van der Waals surface area contributed by atoms with Crippen LogP contribution in [0.1, 0.15) is 40.5 Å². The van der Waals surface area contributed by atoms with Crippen LogP contribution in [-0.2, 0) is 14.3 Å². The normalized spacial score (nSPS) is 13.5. The molecule has 0 aromatic carbocycles. The zero-order valence-electron chi connectivity index (χ0n) is 9.16. The van der Waals surface area contributed by atoms with E-state index in [2.05, 4.69) is 0 Å². The Morgan fingerprint density at radius 2 is 1.86 bits per heavy atom. The maximum Gasteiger partial charge on any atom is 0.343 e. The molecule has 0 radical (unpaired) electrons. The van der Waals surface area contributed by atoms with Crippen LogP contribution < -0.4 is 0 Å². The molecule has 0 aromatic rings. The second-order valence-electron chi connectivity index (χ2n) is 4.15. The van der Waals surface area contributed by atoms with E-state index in [4.69, 9.17) is 4.74 Å². The van der Waals surface area contributed by atoms with Crippen LogP contribution in [0.3, 0.4) is 0 Å². The van der Waals surface area contributed by atoms with Gasteiger partial charge in [-0.1, -0.05) is 6.92 Å². The summed E-state index contributed by atoms with van der Waals surface area (Å²) in [5.74, 6) is -1.35. The molecule has 0 aromatic heterocycles. The van der Waals surface area contributed by atoms with Crippen molar-refractivity contribution in [2.75, 3.05) is 0 Å². The molecule has 0 saturated heterocycles. The third-order valence-corrected chi connectivity index (χ3v) is 1.43. The minimum atomic E-state index is -1.63. The summed E-state index contributed by atoms with van der Waals surface area (Å²) in [7, 11) is 0. The number of Topliss-reactive ketones (excluding diaryl/α,β-unsaturated/α-hetero) is 1. The van der Waals surface area contributed by atoms with Crippen LogP contribution in [0.5, 0.6) is 0 Å². The number of esters is 1. The molecule has 0 aliphatic heterocycles. The highest BCUT2D eigenvalue weighted by atomic mass is 16.6. The van der Waals surface area contributed by atoms with Gasteiger partial charge in [0.25, 0.3) is 0 Å². The summed E-state index contributed by atoms with van der Waals surface area (Å²) in [6.07, 6.45) is -0.826. The number of ketones is 1. The van der Waals surface area contributed by atoms with Gasteiger partial charge in [0.15, 0.2) is 5.78 Å². The van der Waals surface area contributed by atoms with Crippen molar-refractivity contribution >= 4 is 11.8 Å². The lowest BCUT2D eigenvalue weighted by molar-refractivity contribution is -0.167. The van der Waals surface area contributed by atoms with Crippen molar-refractivity contribution in [3.8, 4) is 0 Å². The Morgan fingerprint density at radius 1 is 1.36 bits per heavy atom. The van der Waals surface area contributed by atoms with E-state index in [0.717, 1.165) is 0 Å². The van der Waals surface area contributed by atoms with E-state index in [1.54, 1.807) is 27.7 Å². The molecule has 82 valence electrons. The number of hydrogen-bond acceptors (Lipinski definition) is 4. The molecule has 0 fully saturated rings. The van der Waals surface area contributed by atoms with E-state index in [1.165, 1.54) is 0 Å². The summed E-state index contributed by atoms with van der Waals surface area (Å²) >= 11 is 0. The maximum atomic E-state index is 11.2. The largest absolute Gasteiger partial charge is 0.458 e. The monoisotopic (exact) mass is 202 g/mol. The van der Waals surface area contributed by atoms with Crippen molar-refractivity contribution in [1.82, 2.24) is 0 Å². The van der Waals surface area contributed by atoms with Crippen LogP contribution in [0.15, 0.2) is 0 Å². The highest BCUT2D eigenvalue weighted by molar-refractivity contribution is 6.01. The summed E-state index contributed by atoms with van der Waals surface area (Å²) < 4.78 is 4.86. The smallest absolute Gasteiger partial charge is 0.343 e. The fourth-order valence-electron chi connectivity index (χ4n) is 0.872. The second kappa shape index (κ2) is 5.10. The number of carbonyl (C=O) groups is 2. The van der Waals surface area contributed by atoms with Gasteiger partial charge in [-0.05, 0) is 27.2 Å². The molecule has 4 nitrogen and oxygen atoms in total. The van der Waals surface area contributed by atoms with Crippen molar-refractivity contribution in [2.24, 2.45) is 0 Å². The van der Waals surface area contributed by atoms with E-state index < -0.39 is 23.5 Å².